The molecule has 0 atom stereocenters. The SMILES string of the molecule is CC(C)C1CN(CC2(O)CCC(C)(C)CC2)C1. The Labute approximate surface area is 106 Å². The fraction of sp³-hybridized carbons (Fsp3) is 1.00. The zero-order valence-corrected chi connectivity index (χ0v) is 12.0. The fourth-order valence-corrected chi connectivity index (χ4v) is 3.13. The molecule has 1 N–H and O–H groups in total. The maximum Gasteiger partial charge on any atom is 0.0774 e. The van der Waals surface area contributed by atoms with Crippen molar-refractivity contribution in [2.24, 2.45) is 17.3 Å². The normalized spacial score (nSPS) is 29.3. The summed E-state index contributed by atoms with van der Waals surface area (Å²) in [5, 5.41) is 10.6. The largest absolute Gasteiger partial charge is 0.389 e. The van der Waals surface area contributed by atoms with Gasteiger partial charge in [0, 0.05) is 19.6 Å². The molecule has 2 rings (SSSR count). The highest BCUT2D eigenvalue weighted by Crippen LogP contribution is 2.41. The Bertz CT molecular complexity index is 256. The molecular formula is C15H29NO. The molecule has 1 aliphatic heterocycles. The molecule has 0 aromatic rings. The van der Waals surface area contributed by atoms with Gasteiger partial charge in [0.25, 0.3) is 0 Å². The standard InChI is InChI=1S/C15H29NO/c1-12(2)13-9-16(10-13)11-15(17)7-5-14(3,4)6-8-15/h12-13,17H,5-11H2,1-4H3. The quantitative estimate of drug-likeness (QED) is 0.818. The van der Waals surface area contributed by atoms with Gasteiger partial charge in [0.1, 0.15) is 0 Å². The van der Waals surface area contributed by atoms with Gasteiger partial charge in [-0.3, -0.25) is 4.90 Å². The first-order chi connectivity index (χ1) is 7.80. The average Bonchev–Trinajstić information content (AvgIpc) is 2.16. The van der Waals surface area contributed by atoms with E-state index in [1.807, 2.05) is 0 Å². The summed E-state index contributed by atoms with van der Waals surface area (Å²) in [7, 11) is 0. The van der Waals surface area contributed by atoms with E-state index in [2.05, 4.69) is 32.6 Å². The summed E-state index contributed by atoms with van der Waals surface area (Å²) in [5.41, 5.74) is 0.0547. The first-order valence-electron chi connectivity index (χ1n) is 7.24. The van der Waals surface area contributed by atoms with Crippen molar-refractivity contribution < 1.29 is 5.11 Å². The van der Waals surface area contributed by atoms with Crippen LogP contribution in [0.15, 0.2) is 0 Å². The minimum Gasteiger partial charge on any atom is -0.389 e. The maximum atomic E-state index is 10.6. The Hall–Kier alpha value is -0.0800. The zero-order chi connectivity index (χ0) is 12.7. The van der Waals surface area contributed by atoms with Crippen molar-refractivity contribution in [1.29, 1.82) is 0 Å². The van der Waals surface area contributed by atoms with Crippen molar-refractivity contribution in [3.8, 4) is 0 Å². The molecule has 1 aliphatic carbocycles. The molecule has 2 heteroatoms. The molecule has 2 nitrogen and oxygen atoms in total. The minimum atomic E-state index is -0.391. The minimum absolute atomic E-state index is 0.391. The second-order valence-corrected chi connectivity index (χ2v) is 7.59. The van der Waals surface area contributed by atoms with E-state index < -0.39 is 5.60 Å². The topological polar surface area (TPSA) is 23.5 Å². The van der Waals surface area contributed by atoms with Crippen molar-refractivity contribution >= 4 is 0 Å². The molecule has 0 aromatic carbocycles. The van der Waals surface area contributed by atoms with Crippen LogP contribution in [-0.4, -0.2) is 35.2 Å². The van der Waals surface area contributed by atoms with Crippen LogP contribution in [0.3, 0.4) is 0 Å². The third-order valence-corrected chi connectivity index (χ3v) is 4.98. The predicted molar refractivity (Wildman–Crippen MR) is 72.0 cm³/mol. The van der Waals surface area contributed by atoms with E-state index in [0.29, 0.717) is 5.41 Å². The molecule has 17 heavy (non-hydrogen) atoms. The summed E-state index contributed by atoms with van der Waals surface area (Å²) in [5.74, 6) is 1.66. The average molecular weight is 239 g/mol. The number of rotatable bonds is 3. The van der Waals surface area contributed by atoms with Gasteiger partial charge in [-0.1, -0.05) is 27.7 Å². The molecule has 1 saturated heterocycles. The predicted octanol–water partition coefficient (Wildman–Crippen LogP) is 2.91. The van der Waals surface area contributed by atoms with Gasteiger partial charge in [0.2, 0.25) is 0 Å². The molecule has 1 saturated carbocycles. The Balaban J connectivity index is 1.77. The maximum absolute atomic E-state index is 10.6. The zero-order valence-electron chi connectivity index (χ0n) is 12.0. The number of hydrogen-bond acceptors (Lipinski definition) is 2. The van der Waals surface area contributed by atoms with Gasteiger partial charge in [-0.15, -0.1) is 0 Å². The summed E-state index contributed by atoms with van der Waals surface area (Å²) >= 11 is 0. The smallest absolute Gasteiger partial charge is 0.0774 e. The number of hydrogen-bond donors (Lipinski definition) is 1. The van der Waals surface area contributed by atoms with Gasteiger partial charge >= 0.3 is 0 Å². The van der Waals surface area contributed by atoms with Crippen molar-refractivity contribution in [2.75, 3.05) is 19.6 Å². The first-order valence-corrected chi connectivity index (χ1v) is 7.24. The summed E-state index contributed by atoms with van der Waals surface area (Å²) in [6.07, 6.45) is 4.32. The van der Waals surface area contributed by atoms with E-state index >= 15 is 0 Å². The number of nitrogens with zero attached hydrogens (tertiary/aromatic N) is 1. The van der Waals surface area contributed by atoms with E-state index in [1.54, 1.807) is 0 Å². The van der Waals surface area contributed by atoms with Crippen LogP contribution in [0.1, 0.15) is 53.4 Å². The molecule has 0 amide bonds. The number of β-amino-alcohol motifs (C(OH)–C–C–N with tert-alkyl or cyclic N) is 1. The molecular weight excluding hydrogens is 210 g/mol. The molecule has 0 bridgehead atoms. The number of aliphatic hydroxyl groups is 1. The van der Waals surface area contributed by atoms with Crippen LogP contribution < -0.4 is 0 Å². The van der Waals surface area contributed by atoms with Crippen molar-refractivity contribution in [3.05, 3.63) is 0 Å². The Morgan fingerprint density at radius 1 is 1.12 bits per heavy atom. The van der Waals surface area contributed by atoms with Crippen molar-refractivity contribution in [2.45, 2.75) is 59.0 Å². The summed E-state index contributed by atoms with van der Waals surface area (Å²) < 4.78 is 0. The van der Waals surface area contributed by atoms with Gasteiger partial charge in [-0.25, -0.2) is 0 Å². The highest BCUT2D eigenvalue weighted by molar-refractivity contribution is 4.94. The lowest BCUT2D eigenvalue weighted by atomic mass is 9.70. The van der Waals surface area contributed by atoms with Crippen LogP contribution in [0.2, 0.25) is 0 Å². The van der Waals surface area contributed by atoms with E-state index in [-0.39, 0.29) is 0 Å². The second kappa shape index (κ2) is 4.55. The molecule has 2 aliphatic rings. The molecule has 1 heterocycles. The highest BCUT2D eigenvalue weighted by Gasteiger charge is 2.40. The van der Waals surface area contributed by atoms with Crippen LogP contribution in [0.5, 0.6) is 0 Å². The molecule has 0 radical (unpaired) electrons. The molecule has 100 valence electrons. The Morgan fingerprint density at radius 2 is 1.65 bits per heavy atom. The van der Waals surface area contributed by atoms with Gasteiger partial charge in [0.05, 0.1) is 5.60 Å². The van der Waals surface area contributed by atoms with Gasteiger partial charge in [-0.05, 0) is 42.9 Å². The monoisotopic (exact) mass is 239 g/mol. The Kier molecular flexibility index (Phi) is 3.57. The van der Waals surface area contributed by atoms with Crippen LogP contribution in [0.25, 0.3) is 0 Å². The third kappa shape index (κ3) is 3.23. The van der Waals surface area contributed by atoms with E-state index in [4.69, 9.17) is 0 Å². The van der Waals surface area contributed by atoms with Crippen LogP contribution in [0, 0.1) is 17.3 Å². The third-order valence-electron chi connectivity index (χ3n) is 4.98. The lowest BCUT2D eigenvalue weighted by Crippen LogP contribution is -2.56. The summed E-state index contributed by atoms with van der Waals surface area (Å²) in [6, 6.07) is 0. The first kappa shape index (κ1) is 13.4. The molecule has 0 unspecified atom stereocenters. The summed E-state index contributed by atoms with van der Waals surface area (Å²) in [4.78, 5) is 2.45. The highest BCUT2D eigenvalue weighted by atomic mass is 16.3. The fourth-order valence-electron chi connectivity index (χ4n) is 3.13. The van der Waals surface area contributed by atoms with Gasteiger partial charge in [-0.2, -0.15) is 0 Å². The molecule has 0 aromatic heterocycles. The van der Waals surface area contributed by atoms with Crippen molar-refractivity contribution in [3.63, 3.8) is 0 Å². The molecule has 2 fully saturated rings. The van der Waals surface area contributed by atoms with E-state index in [9.17, 15) is 5.11 Å². The van der Waals surface area contributed by atoms with Gasteiger partial charge < -0.3 is 5.11 Å². The van der Waals surface area contributed by atoms with Crippen molar-refractivity contribution in [1.82, 2.24) is 4.90 Å². The van der Waals surface area contributed by atoms with E-state index in [1.165, 1.54) is 25.9 Å². The van der Waals surface area contributed by atoms with E-state index in [0.717, 1.165) is 31.2 Å². The summed E-state index contributed by atoms with van der Waals surface area (Å²) in [6.45, 7) is 12.6. The number of likely N-dealkylation sites (tertiary alicyclic amines) is 1. The lowest BCUT2D eigenvalue weighted by molar-refractivity contribution is -0.0753. The van der Waals surface area contributed by atoms with Crippen LogP contribution in [0.4, 0.5) is 0 Å². The van der Waals surface area contributed by atoms with Gasteiger partial charge in [0.15, 0.2) is 0 Å². The van der Waals surface area contributed by atoms with Crippen LogP contribution in [-0.2, 0) is 0 Å². The Morgan fingerprint density at radius 3 is 2.12 bits per heavy atom. The molecule has 0 spiro atoms. The second-order valence-electron chi connectivity index (χ2n) is 7.59. The van der Waals surface area contributed by atoms with Crippen LogP contribution >= 0.6 is 0 Å². The lowest BCUT2D eigenvalue weighted by Gasteiger charge is -2.48.